The molecule has 0 amide bonds. The highest BCUT2D eigenvalue weighted by atomic mass is 16.2. The molecule has 2 fully saturated rings. The predicted molar refractivity (Wildman–Crippen MR) is 278 cm³/mol. The number of rotatable bonds is 7. The van der Waals surface area contributed by atoms with Crippen LogP contribution in [-0.2, 0) is 40.3 Å². The van der Waals surface area contributed by atoms with E-state index in [-0.39, 0.29) is 25.7 Å². The maximum absolute atomic E-state index is 13.7. The van der Waals surface area contributed by atoms with Crippen molar-refractivity contribution in [1.29, 1.82) is 0 Å². The Hall–Kier alpha value is -7.74. The number of piperidine rings is 2. The molecule has 10 rings (SSSR count). The molecule has 0 unspecified atom stereocenters. The van der Waals surface area contributed by atoms with E-state index in [1.807, 2.05) is 62.4 Å². The number of nitrogens with two attached hydrogens (primary N) is 1. The van der Waals surface area contributed by atoms with E-state index in [0.29, 0.717) is 58.8 Å². The largest absolute Gasteiger partial charge is 0.341 e. The standard InChI is InChI=1S/C25H28N8O2.C21H20N6O2.C6H13N/c1-4-5-13-32-21-22(29-24(32)31-12-8-9-17(26)14-31)30(3)25(35)33(23(21)34)15-20-27-16(2)18-10-6-7-11-19(18)28-20;1-5-6-11-26-14(3)23-19-18(26)20(28)27(21(29)25(19)4)12-17-22-13(2)15-9-7-8-10-16(15)24-17;1-6-3-2-4-7-5-6/h6-7,10-11,17H,8-9,12-15,26H2,1-3H3;7-10H,11-12H2,1-4H3;6-7H,2-5H2,1H3/t17-;;6-/m1.1/s1. The van der Waals surface area contributed by atoms with Gasteiger partial charge in [-0.05, 0) is 91.4 Å². The number of aryl methyl sites for hydroxylation is 5. The number of para-hydroxylation sites is 2. The van der Waals surface area contributed by atoms with Gasteiger partial charge in [-0.2, -0.15) is 4.98 Å². The van der Waals surface area contributed by atoms with Crippen molar-refractivity contribution in [3.8, 4) is 23.7 Å². The Morgan fingerprint density at radius 3 is 1.68 bits per heavy atom. The monoisotopic (exact) mass is 960 g/mol. The van der Waals surface area contributed by atoms with Crippen molar-refractivity contribution in [3.05, 3.63) is 119 Å². The molecule has 0 spiro atoms. The van der Waals surface area contributed by atoms with Crippen LogP contribution >= 0.6 is 0 Å². The first-order chi connectivity index (χ1) is 34.2. The van der Waals surface area contributed by atoms with Gasteiger partial charge in [0.2, 0.25) is 5.95 Å². The van der Waals surface area contributed by atoms with Gasteiger partial charge in [0.1, 0.15) is 17.5 Å². The average Bonchev–Trinajstić information content (AvgIpc) is 3.92. The molecule has 0 saturated carbocycles. The zero-order valence-corrected chi connectivity index (χ0v) is 41.8. The summed E-state index contributed by atoms with van der Waals surface area (Å²) in [5, 5.41) is 5.22. The third-order valence-electron chi connectivity index (χ3n) is 13.0. The third-order valence-corrected chi connectivity index (χ3v) is 13.0. The topological polar surface area (TPSA) is 216 Å². The van der Waals surface area contributed by atoms with E-state index >= 15 is 0 Å². The molecule has 2 saturated heterocycles. The summed E-state index contributed by atoms with van der Waals surface area (Å²) in [5.41, 5.74) is 8.95. The van der Waals surface area contributed by atoms with Crippen LogP contribution in [0.1, 0.15) is 75.3 Å². The second-order valence-electron chi connectivity index (χ2n) is 18.2. The number of benzene rings is 2. The van der Waals surface area contributed by atoms with Gasteiger partial charge in [-0.25, -0.2) is 34.5 Å². The van der Waals surface area contributed by atoms with Crippen LogP contribution in [0.4, 0.5) is 5.95 Å². The summed E-state index contributed by atoms with van der Waals surface area (Å²) >= 11 is 0. The number of nitrogens with zero attached hydrogens (tertiary/aromatic N) is 13. The van der Waals surface area contributed by atoms with Crippen LogP contribution in [0, 0.1) is 50.4 Å². The summed E-state index contributed by atoms with van der Waals surface area (Å²) in [5.74, 6) is 14.7. The van der Waals surface area contributed by atoms with Gasteiger partial charge < -0.3 is 20.5 Å². The number of hydrogen-bond acceptors (Lipinski definition) is 13. The molecule has 19 nitrogen and oxygen atoms in total. The van der Waals surface area contributed by atoms with Gasteiger partial charge in [-0.15, -0.1) is 11.8 Å². The lowest BCUT2D eigenvalue weighted by molar-refractivity contribution is 0.405. The lowest BCUT2D eigenvalue weighted by Gasteiger charge is -2.31. The molecular formula is C52H61N15O4. The molecule has 2 aliphatic heterocycles. The molecule has 2 aliphatic rings. The normalized spacial score (nSPS) is 15.6. The molecule has 8 heterocycles. The van der Waals surface area contributed by atoms with Crippen LogP contribution in [0.3, 0.4) is 0 Å². The van der Waals surface area contributed by atoms with Crippen molar-refractivity contribution in [2.75, 3.05) is 31.1 Å². The predicted octanol–water partition coefficient (Wildman–Crippen LogP) is 3.68. The minimum Gasteiger partial charge on any atom is -0.341 e. The summed E-state index contributed by atoms with van der Waals surface area (Å²) < 4.78 is 8.66. The van der Waals surface area contributed by atoms with Crippen LogP contribution in [0.15, 0.2) is 67.7 Å². The van der Waals surface area contributed by atoms with E-state index in [4.69, 9.17) is 10.7 Å². The van der Waals surface area contributed by atoms with Crippen LogP contribution < -0.4 is 38.4 Å². The second kappa shape index (κ2) is 21.5. The Morgan fingerprint density at radius 2 is 1.18 bits per heavy atom. The zero-order valence-electron chi connectivity index (χ0n) is 41.8. The molecule has 368 valence electrons. The molecule has 0 bridgehead atoms. The fourth-order valence-electron chi connectivity index (χ4n) is 9.25. The van der Waals surface area contributed by atoms with Gasteiger partial charge in [0.15, 0.2) is 22.3 Å². The molecule has 6 aromatic heterocycles. The molecular weight excluding hydrogens is 899 g/mol. The maximum Gasteiger partial charge on any atom is 0.332 e. The summed E-state index contributed by atoms with van der Waals surface area (Å²) in [6.07, 6.45) is 4.68. The van der Waals surface area contributed by atoms with Gasteiger partial charge in [-0.1, -0.05) is 55.2 Å². The lowest BCUT2D eigenvalue weighted by Crippen LogP contribution is -2.44. The summed E-state index contributed by atoms with van der Waals surface area (Å²) in [7, 11) is 3.23. The smallest absolute Gasteiger partial charge is 0.332 e. The number of anilines is 1. The van der Waals surface area contributed by atoms with Gasteiger partial charge in [0.25, 0.3) is 11.1 Å². The van der Waals surface area contributed by atoms with E-state index in [0.717, 1.165) is 63.1 Å². The van der Waals surface area contributed by atoms with Gasteiger partial charge in [0.05, 0.1) is 37.2 Å². The summed E-state index contributed by atoms with van der Waals surface area (Å²) in [4.78, 5) is 82.6. The van der Waals surface area contributed by atoms with Crippen molar-refractivity contribution in [2.24, 2.45) is 25.7 Å². The number of hydrogen-bond donors (Lipinski definition) is 2. The highest BCUT2D eigenvalue weighted by molar-refractivity contribution is 5.81. The lowest BCUT2D eigenvalue weighted by atomic mass is 10.0. The molecule has 0 radical (unpaired) electrons. The van der Waals surface area contributed by atoms with E-state index in [2.05, 4.69) is 65.7 Å². The average molecular weight is 960 g/mol. The van der Waals surface area contributed by atoms with Crippen molar-refractivity contribution in [1.82, 2.24) is 62.6 Å². The second-order valence-corrected chi connectivity index (χ2v) is 18.2. The van der Waals surface area contributed by atoms with Gasteiger partial charge in [0, 0.05) is 55.4 Å². The van der Waals surface area contributed by atoms with E-state index in [1.54, 1.807) is 44.0 Å². The number of fused-ring (bicyclic) bond motifs is 4. The van der Waals surface area contributed by atoms with Crippen LogP contribution in [0.25, 0.3) is 44.1 Å². The first-order valence-electron chi connectivity index (χ1n) is 24.0. The van der Waals surface area contributed by atoms with Gasteiger partial charge >= 0.3 is 11.4 Å². The summed E-state index contributed by atoms with van der Waals surface area (Å²) in [6.45, 7) is 15.8. The van der Waals surface area contributed by atoms with Crippen molar-refractivity contribution in [2.45, 2.75) is 99.4 Å². The summed E-state index contributed by atoms with van der Waals surface area (Å²) in [6, 6.07) is 15.4. The first-order valence-corrected chi connectivity index (χ1v) is 24.0. The van der Waals surface area contributed by atoms with Crippen molar-refractivity contribution in [3.63, 3.8) is 0 Å². The van der Waals surface area contributed by atoms with E-state index in [9.17, 15) is 19.2 Å². The maximum atomic E-state index is 13.7. The van der Waals surface area contributed by atoms with Crippen LogP contribution in [-0.4, -0.2) is 89.5 Å². The Morgan fingerprint density at radius 1 is 0.662 bits per heavy atom. The van der Waals surface area contributed by atoms with E-state index < -0.39 is 22.5 Å². The Balaban J connectivity index is 0.000000169. The Bertz CT molecular complexity index is 3680. The van der Waals surface area contributed by atoms with Gasteiger partial charge in [-0.3, -0.25) is 32.4 Å². The number of imidazole rings is 2. The minimum atomic E-state index is -0.468. The van der Waals surface area contributed by atoms with Crippen molar-refractivity contribution < 1.29 is 0 Å². The molecule has 2 aromatic carbocycles. The molecule has 19 heteroatoms. The minimum absolute atomic E-state index is 0.0171. The highest BCUT2D eigenvalue weighted by Gasteiger charge is 2.27. The SMILES string of the molecule is CC#CCn1c(C)nc2c1c(=O)n(Cc1nc(C)c3ccccc3n1)c(=O)n2C.CC#CCn1c(N2CCC[C@@H](N)C2)nc2c1c(=O)n(Cc1nc(C)c3ccccc3n1)c(=O)n2C.C[C@@H]1CCCNC1. The first kappa shape index (κ1) is 49.7. The Kier molecular flexibility index (Phi) is 15.0. The fraction of sp³-hybridized carbons (Fsp3) is 0.423. The third kappa shape index (κ3) is 10.3. The molecule has 71 heavy (non-hydrogen) atoms. The van der Waals surface area contributed by atoms with Crippen molar-refractivity contribution >= 4 is 50.1 Å². The molecule has 3 N–H and O–H groups in total. The zero-order chi connectivity index (χ0) is 50.5. The van der Waals surface area contributed by atoms with E-state index in [1.165, 1.54) is 39.6 Å². The highest BCUT2D eigenvalue weighted by Crippen LogP contribution is 2.23. The molecule has 2 atom stereocenters. The fourth-order valence-corrected chi connectivity index (χ4v) is 9.25. The molecule has 8 aromatic rings. The van der Waals surface area contributed by atoms with Crippen LogP contribution in [0.2, 0.25) is 0 Å². The quantitative estimate of drug-likeness (QED) is 0.218. The van der Waals surface area contributed by atoms with Crippen LogP contribution in [0.5, 0.6) is 0 Å². The number of nitrogens with one attached hydrogen (secondary N) is 1. The number of aromatic nitrogens is 12. The molecule has 0 aliphatic carbocycles. The Labute approximate surface area is 410 Å².